The van der Waals surface area contributed by atoms with Crippen LogP contribution in [-0.2, 0) is 0 Å². The van der Waals surface area contributed by atoms with E-state index in [-0.39, 0.29) is 5.91 Å². The molecule has 3 aliphatic heterocycles. The molecule has 5 nitrogen and oxygen atoms in total. The maximum atomic E-state index is 12.8. The Hall–Kier alpha value is -1.36. The summed E-state index contributed by atoms with van der Waals surface area (Å²) in [7, 11) is 0. The van der Waals surface area contributed by atoms with E-state index < -0.39 is 0 Å². The molecular weight excluding hydrogens is 252 g/mol. The average molecular weight is 272 g/mol. The molecule has 1 aromatic heterocycles. The Labute approximate surface area is 118 Å². The molecule has 1 unspecified atom stereocenters. The van der Waals surface area contributed by atoms with Gasteiger partial charge in [-0.05, 0) is 44.2 Å². The lowest BCUT2D eigenvalue weighted by Gasteiger charge is -2.44. The molecule has 20 heavy (non-hydrogen) atoms. The molecule has 5 heteroatoms. The molecule has 4 fully saturated rings. The number of nitrogens with one attached hydrogen (secondary N) is 1. The Morgan fingerprint density at radius 1 is 1.30 bits per heavy atom. The summed E-state index contributed by atoms with van der Waals surface area (Å²) in [5, 5.41) is 7.35. The van der Waals surface area contributed by atoms with Crippen molar-refractivity contribution >= 4 is 5.91 Å². The van der Waals surface area contributed by atoms with E-state index in [1.807, 2.05) is 6.07 Å². The highest BCUT2D eigenvalue weighted by Gasteiger charge is 2.51. The van der Waals surface area contributed by atoms with Gasteiger partial charge in [0.2, 0.25) is 0 Å². The molecule has 1 N–H and O–H groups in total. The second kappa shape index (κ2) is 3.85. The van der Waals surface area contributed by atoms with Crippen LogP contribution in [0.3, 0.4) is 0 Å². The predicted molar refractivity (Wildman–Crippen MR) is 73.5 cm³/mol. The second-order valence-corrected chi connectivity index (χ2v) is 6.96. The fraction of sp³-hybridized carbons (Fsp3) is 0.733. The van der Waals surface area contributed by atoms with E-state index in [1.54, 1.807) is 0 Å². The van der Waals surface area contributed by atoms with Crippen molar-refractivity contribution in [2.24, 2.45) is 5.92 Å². The zero-order valence-electron chi connectivity index (χ0n) is 11.6. The number of aromatic nitrogens is 2. The maximum Gasteiger partial charge on any atom is 0.274 e. The van der Waals surface area contributed by atoms with E-state index in [0.29, 0.717) is 23.7 Å². The zero-order chi connectivity index (χ0) is 13.3. The minimum atomic E-state index is 0.159. The van der Waals surface area contributed by atoms with Crippen LogP contribution in [0.4, 0.5) is 0 Å². The highest BCUT2D eigenvalue weighted by Crippen LogP contribution is 2.42. The van der Waals surface area contributed by atoms with Crippen molar-refractivity contribution in [3.63, 3.8) is 0 Å². The van der Waals surface area contributed by atoms with Gasteiger partial charge in [-0.3, -0.25) is 14.8 Å². The molecule has 4 atom stereocenters. The highest BCUT2D eigenvalue weighted by atomic mass is 16.2. The second-order valence-electron chi connectivity index (χ2n) is 6.96. The molecule has 3 saturated heterocycles. The van der Waals surface area contributed by atoms with E-state index in [4.69, 9.17) is 0 Å². The molecule has 4 heterocycles. The summed E-state index contributed by atoms with van der Waals surface area (Å²) in [5.74, 6) is 1.51. The number of hydrogen-bond acceptors (Lipinski definition) is 3. The molecule has 106 valence electrons. The van der Waals surface area contributed by atoms with Crippen LogP contribution in [-0.4, -0.2) is 57.6 Å². The molecule has 1 amide bonds. The van der Waals surface area contributed by atoms with Crippen molar-refractivity contribution in [2.75, 3.05) is 19.6 Å². The Morgan fingerprint density at radius 2 is 2.20 bits per heavy atom. The van der Waals surface area contributed by atoms with Crippen molar-refractivity contribution in [3.05, 3.63) is 17.5 Å². The number of carbonyl (C=O) groups is 1. The van der Waals surface area contributed by atoms with Crippen molar-refractivity contribution < 1.29 is 4.79 Å². The Bertz CT molecular complexity index is 560. The number of H-pyrrole nitrogens is 1. The third-order valence-electron chi connectivity index (χ3n) is 5.67. The van der Waals surface area contributed by atoms with Gasteiger partial charge in [0.15, 0.2) is 0 Å². The average Bonchev–Trinajstić information content (AvgIpc) is 3.17. The summed E-state index contributed by atoms with van der Waals surface area (Å²) < 4.78 is 0. The molecule has 1 saturated carbocycles. The van der Waals surface area contributed by atoms with Crippen LogP contribution < -0.4 is 0 Å². The van der Waals surface area contributed by atoms with Crippen LogP contribution in [0.15, 0.2) is 6.07 Å². The fourth-order valence-electron chi connectivity index (χ4n) is 4.49. The lowest BCUT2D eigenvalue weighted by Crippen LogP contribution is -2.58. The maximum absolute atomic E-state index is 12.8. The van der Waals surface area contributed by atoms with Gasteiger partial charge in [0.1, 0.15) is 5.69 Å². The van der Waals surface area contributed by atoms with E-state index in [2.05, 4.69) is 20.0 Å². The number of nitrogens with zero attached hydrogens (tertiary/aromatic N) is 3. The van der Waals surface area contributed by atoms with E-state index >= 15 is 0 Å². The minimum absolute atomic E-state index is 0.159. The smallest absolute Gasteiger partial charge is 0.274 e. The molecular formula is C15H20N4O. The largest absolute Gasteiger partial charge is 0.328 e. The minimum Gasteiger partial charge on any atom is -0.328 e. The third kappa shape index (κ3) is 1.53. The van der Waals surface area contributed by atoms with Gasteiger partial charge in [-0.2, -0.15) is 5.10 Å². The van der Waals surface area contributed by atoms with Gasteiger partial charge in [0, 0.05) is 36.8 Å². The van der Waals surface area contributed by atoms with Crippen molar-refractivity contribution in [1.29, 1.82) is 0 Å². The van der Waals surface area contributed by atoms with Crippen LogP contribution >= 0.6 is 0 Å². The van der Waals surface area contributed by atoms with Gasteiger partial charge in [-0.15, -0.1) is 0 Å². The topological polar surface area (TPSA) is 52.2 Å². The molecule has 0 radical (unpaired) electrons. The first kappa shape index (κ1) is 11.3. The summed E-state index contributed by atoms with van der Waals surface area (Å²) in [6, 6.07) is 2.86. The van der Waals surface area contributed by atoms with Crippen molar-refractivity contribution in [3.8, 4) is 0 Å². The van der Waals surface area contributed by atoms with Crippen LogP contribution in [0.25, 0.3) is 0 Å². The Kier molecular flexibility index (Phi) is 2.18. The van der Waals surface area contributed by atoms with E-state index in [9.17, 15) is 4.79 Å². The zero-order valence-corrected chi connectivity index (χ0v) is 11.6. The summed E-state index contributed by atoms with van der Waals surface area (Å²) >= 11 is 0. The Morgan fingerprint density at radius 3 is 3.05 bits per heavy atom. The monoisotopic (exact) mass is 272 g/mol. The molecule has 0 spiro atoms. The standard InChI is InChI=1S/C15H20N4O/c20-15(13-6-12(16-17-13)9-1-2-9)19-11-5-10-3-4-18(7-11)8-14(10)19/h6,9-11,14H,1-5,7-8H2,(H,16,17)/t10-,11-,14-/m1/s1. The fourth-order valence-corrected chi connectivity index (χ4v) is 4.49. The van der Waals surface area contributed by atoms with Gasteiger partial charge in [0.05, 0.1) is 0 Å². The van der Waals surface area contributed by atoms with Crippen LogP contribution in [0.1, 0.15) is 47.8 Å². The van der Waals surface area contributed by atoms with Crippen LogP contribution in [0.2, 0.25) is 0 Å². The van der Waals surface area contributed by atoms with Gasteiger partial charge in [0.25, 0.3) is 5.91 Å². The number of aromatic amines is 1. The predicted octanol–water partition coefficient (Wildman–Crippen LogP) is 1.21. The lowest BCUT2D eigenvalue weighted by atomic mass is 9.93. The molecule has 3 bridgehead atoms. The molecule has 0 aromatic carbocycles. The van der Waals surface area contributed by atoms with Gasteiger partial charge in [-0.1, -0.05) is 0 Å². The molecule has 1 aliphatic carbocycles. The normalized spacial score (nSPS) is 38.5. The third-order valence-corrected chi connectivity index (χ3v) is 5.67. The van der Waals surface area contributed by atoms with Crippen LogP contribution in [0, 0.1) is 5.92 Å². The summed E-state index contributed by atoms with van der Waals surface area (Å²) in [6.45, 7) is 3.37. The number of rotatable bonds is 2. The Balaban J connectivity index is 1.43. The number of piperidine rings is 1. The molecule has 5 rings (SSSR count). The number of hydrogen-bond donors (Lipinski definition) is 1. The quantitative estimate of drug-likeness (QED) is 0.880. The number of amides is 1. The first-order valence-corrected chi connectivity index (χ1v) is 7.90. The molecule has 4 aliphatic rings. The highest BCUT2D eigenvalue weighted by molar-refractivity contribution is 5.93. The number of fused-ring (bicyclic) bond motifs is 2. The number of piperazine rings is 1. The first-order valence-electron chi connectivity index (χ1n) is 7.90. The van der Waals surface area contributed by atoms with Crippen molar-refractivity contribution in [2.45, 2.75) is 43.7 Å². The van der Waals surface area contributed by atoms with E-state index in [1.165, 1.54) is 32.2 Å². The van der Waals surface area contributed by atoms with Gasteiger partial charge < -0.3 is 4.90 Å². The number of carbonyl (C=O) groups excluding carboxylic acids is 1. The summed E-state index contributed by atoms with van der Waals surface area (Å²) in [6.07, 6.45) is 4.94. The lowest BCUT2D eigenvalue weighted by molar-refractivity contribution is 0.0257. The van der Waals surface area contributed by atoms with Crippen LogP contribution in [0.5, 0.6) is 0 Å². The van der Waals surface area contributed by atoms with Crippen molar-refractivity contribution in [1.82, 2.24) is 20.0 Å². The van der Waals surface area contributed by atoms with Gasteiger partial charge >= 0.3 is 0 Å². The first-order chi connectivity index (χ1) is 9.79. The van der Waals surface area contributed by atoms with E-state index in [0.717, 1.165) is 24.7 Å². The summed E-state index contributed by atoms with van der Waals surface area (Å²) in [4.78, 5) is 17.5. The van der Waals surface area contributed by atoms with Gasteiger partial charge in [-0.25, -0.2) is 0 Å². The summed E-state index contributed by atoms with van der Waals surface area (Å²) in [5.41, 5.74) is 1.79. The molecule has 1 aromatic rings. The SMILES string of the molecule is O=C(c1cc(C2CC2)[nH]n1)N1[C@@H]2C[C@H]3CCN(C2)C[C@H]31.